The van der Waals surface area contributed by atoms with Crippen LogP contribution in [0.25, 0.3) is 0 Å². The lowest BCUT2D eigenvalue weighted by Crippen LogP contribution is -2.44. The number of hydrogen-bond acceptors (Lipinski definition) is 6. The highest BCUT2D eigenvalue weighted by Gasteiger charge is 2.40. The molecular weight excluding hydrogens is 400 g/mol. The highest BCUT2D eigenvalue weighted by molar-refractivity contribution is 6.74. The summed E-state index contributed by atoms with van der Waals surface area (Å²) < 4.78 is 29.8. The fraction of sp³-hybridized carbons (Fsp3) is 0.913. The zero-order chi connectivity index (χ0) is 22.8. The zero-order valence-corrected chi connectivity index (χ0v) is 21.5. The van der Waals surface area contributed by atoms with Crippen LogP contribution in [0.2, 0.25) is 18.1 Å². The molecule has 0 unspecified atom stereocenters. The maximum Gasteiger partial charge on any atom is 0.192 e. The van der Waals surface area contributed by atoms with Crippen molar-refractivity contribution in [2.75, 3.05) is 13.2 Å². The molecule has 1 N–H and O–H groups in total. The van der Waals surface area contributed by atoms with E-state index in [0.29, 0.717) is 26.1 Å². The van der Waals surface area contributed by atoms with Gasteiger partial charge in [0.25, 0.3) is 0 Å². The number of aliphatic hydroxyl groups is 1. The van der Waals surface area contributed by atoms with E-state index in [1.807, 2.05) is 33.8 Å². The Balaban J connectivity index is 1.94. The Hall–Kier alpha value is -0.283. The summed E-state index contributed by atoms with van der Waals surface area (Å²) in [5.74, 6) is -1.09. The van der Waals surface area contributed by atoms with Gasteiger partial charge in [-0.05, 0) is 52.2 Å². The molecule has 2 heterocycles. The molecule has 0 aromatic rings. The lowest BCUT2D eigenvalue weighted by atomic mass is 10.1. The predicted molar refractivity (Wildman–Crippen MR) is 121 cm³/mol. The molecule has 2 aliphatic rings. The second kappa shape index (κ2) is 9.69. The van der Waals surface area contributed by atoms with Crippen molar-refractivity contribution in [3.8, 4) is 0 Å². The molecular formula is C23H44O6Si. The van der Waals surface area contributed by atoms with Gasteiger partial charge in [0.15, 0.2) is 19.9 Å². The zero-order valence-electron chi connectivity index (χ0n) is 20.5. The van der Waals surface area contributed by atoms with Gasteiger partial charge in [-0.2, -0.15) is 0 Å². The van der Waals surface area contributed by atoms with E-state index in [-0.39, 0.29) is 23.4 Å². The minimum absolute atomic E-state index is 0.00982. The molecule has 4 atom stereocenters. The fourth-order valence-corrected chi connectivity index (χ4v) is 4.81. The van der Waals surface area contributed by atoms with Gasteiger partial charge >= 0.3 is 0 Å². The average molecular weight is 445 g/mol. The van der Waals surface area contributed by atoms with Crippen LogP contribution >= 0.6 is 0 Å². The monoisotopic (exact) mass is 444 g/mol. The van der Waals surface area contributed by atoms with Crippen LogP contribution in [0.3, 0.4) is 0 Å². The van der Waals surface area contributed by atoms with E-state index in [9.17, 15) is 5.11 Å². The second-order valence-corrected chi connectivity index (χ2v) is 15.9. The van der Waals surface area contributed by atoms with Crippen LogP contribution in [0.1, 0.15) is 67.7 Å². The molecule has 0 aromatic carbocycles. The van der Waals surface area contributed by atoms with E-state index in [1.165, 1.54) is 0 Å². The van der Waals surface area contributed by atoms with E-state index < -0.39 is 26.0 Å². The largest absolute Gasteiger partial charge is 0.410 e. The summed E-state index contributed by atoms with van der Waals surface area (Å²) >= 11 is 0. The molecule has 0 aromatic heterocycles. The van der Waals surface area contributed by atoms with Crippen molar-refractivity contribution in [2.45, 2.75) is 122 Å². The third-order valence-corrected chi connectivity index (χ3v) is 10.7. The van der Waals surface area contributed by atoms with Crippen LogP contribution in [-0.4, -0.2) is 62.6 Å². The smallest absolute Gasteiger partial charge is 0.192 e. The Morgan fingerprint density at radius 3 is 1.93 bits per heavy atom. The quantitative estimate of drug-likeness (QED) is 0.408. The molecule has 0 bridgehead atoms. The molecule has 0 aliphatic carbocycles. The van der Waals surface area contributed by atoms with Crippen molar-refractivity contribution in [3.05, 3.63) is 12.2 Å². The van der Waals surface area contributed by atoms with Crippen LogP contribution in [0.5, 0.6) is 0 Å². The van der Waals surface area contributed by atoms with Gasteiger partial charge < -0.3 is 28.5 Å². The molecule has 2 fully saturated rings. The SMILES string of the molecule is CC1(C)OC[C@@H](C[C@@H](O)C/C=C/[C@@H](C[C@@H]2COC(C)(C)O2)O[Si](C)(C)C(C)(C)C)O1. The van der Waals surface area contributed by atoms with Gasteiger partial charge in [0.2, 0.25) is 0 Å². The van der Waals surface area contributed by atoms with Crippen molar-refractivity contribution >= 4 is 8.32 Å². The third kappa shape index (κ3) is 8.00. The van der Waals surface area contributed by atoms with E-state index in [2.05, 4.69) is 39.9 Å². The average Bonchev–Trinajstić information content (AvgIpc) is 3.06. The number of hydrogen-bond donors (Lipinski definition) is 1. The lowest BCUT2D eigenvalue weighted by Gasteiger charge is -2.39. The molecule has 7 heteroatoms. The summed E-state index contributed by atoms with van der Waals surface area (Å²) in [4.78, 5) is 0. The maximum atomic E-state index is 10.4. The van der Waals surface area contributed by atoms with Gasteiger partial charge in [-0.25, -0.2) is 0 Å². The molecule has 0 amide bonds. The third-order valence-electron chi connectivity index (χ3n) is 6.18. The fourth-order valence-electron chi connectivity index (χ4n) is 3.53. The molecule has 0 saturated carbocycles. The van der Waals surface area contributed by atoms with E-state index in [4.69, 9.17) is 23.4 Å². The number of ether oxygens (including phenoxy) is 4. The molecule has 2 aliphatic heterocycles. The van der Waals surface area contributed by atoms with Crippen molar-refractivity contribution in [1.82, 2.24) is 0 Å². The molecule has 2 rings (SSSR count). The number of rotatable bonds is 9. The van der Waals surface area contributed by atoms with Gasteiger partial charge in [0.05, 0.1) is 37.6 Å². The Kier molecular flexibility index (Phi) is 8.39. The Bertz CT molecular complexity index is 581. The van der Waals surface area contributed by atoms with Gasteiger partial charge in [-0.3, -0.25) is 0 Å². The van der Waals surface area contributed by atoms with E-state index in [1.54, 1.807) is 0 Å². The van der Waals surface area contributed by atoms with Crippen LogP contribution in [0, 0.1) is 0 Å². The predicted octanol–water partition coefficient (Wildman–Crippen LogP) is 4.77. The lowest BCUT2D eigenvalue weighted by molar-refractivity contribution is -0.141. The molecule has 0 radical (unpaired) electrons. The van der Waals surface area contributed by atoms with Crippen molar-refractivity contribution in [2.24, 2.45) is 0 Å². The highest BCUT2D eigenvalue weighted by Crippen LogP contribution is 2.38. The Morgan fingerprint density at radius 2 is 1.50 bits per heavy atom. The Labute approximate surface area is 184 Å². The van der Waals surface area contributed by atoms with Crippen LogP contribution in [0.15, 0.2) is 12.2 Å². The highest BCUT2D eigenvalue weighted by atomic mass is 28.4. The van der Waals surface area contributed by atoms with Gasteiger partial charge in [0, 0.05) is 12.8 Å². The summed E-state index contributed by atoms with van der Waals surface area (Å²) in [5, 5.41) is 10.6. The molecule has 176 valence electrons. The maximum absolute atomic E-state index is 10.4. The topological polar surface area (TPSA) is 66.4 Å². The normalized spacial score (nSPS) is 28.9. The first-order valence-corrected chi connectivity index (χ1v) is 14.2. The second-order valence-electron chi connectivity index (χ2n) is 11.1. The van der Waals surface area contributed by atoms with Crippen molar-refractivity contribution < 1.29 is 28.5 Å². The summed E-state index contributed by atoms with van der Waals surface area (Å²) in [6.45, 7) is 20.0. The minimum Gasteiger partial charge on any atom is -0.410 e. The van der Waals surface area contributed by atoms with Gasteiger partial charge in [0.1, 0.15) is 0 Å². The molecule has 2 saturated heterocycles. The van der Waals surface area contributed by atoms with E-state index in [0.717, 1.165) is 6.42 Å². The first-order valence-electron chi connectivity index (χ1n) is 11.2. The summed E-state index contributed by atoms with van der Waals surface area (Å²) in [6.07, 6.45) is 5.41. The molecule has 0 spiro atoms. The minimum atomic E-state index is -1.95. The molecule has 6 nitrogen and oxygen atoms in total. The molecule has 30 heavy (non-hydrogen) atoms. The first-order chi connectivity index (χ1) is 13.6. The van der Waals surface area contributed by atoms with Gasteiger partial charge in [-0.15, -0.1) is 0 Å². The van der Waals surface area contributed by atoms with Crippen molar-refractivity contribution in [1.29, 1.82) is 0 Å². The van der Waals surface area contributed by atoms with Crippen LogP contribution in [0.4, 0.5) is 0 Å². The number of aliphatic hydroxyl groups excluding tert-OH is 1. The standard InChI is InChI=1S/C23H44O6Si/c1-21(2,3)30(8,9)29-18(14-20-16-26-23(6,7)28-20)12-10-11-17(24)13-19-15-25-22(4,5)27-19/h10,12,17-20,24H,11,13-16H2,1-9H3/b12-10+/t17-,18-,19+,20+/m0/s1. The summed E-state index contributed by atoms with van der Waals surface area (Å²) in [5.41, 5.74) is 0. The van der Waals surface area contributed by atoms with Crippen molar-refractivity contribution in [3.63, 3.8) is 0 Å². The van der Waals surface area contributed by atoms with E-state index >= 15 is 0 Å². The summed E-state index contributed by atoms with van der Waals surface area (Å²) in [7, 11) is -1.95. The first kappa shape index (κ1) is 26.0. The summed E-state index contributed by atoms with van der Waals surface area (Å²) in [6, 6.07) is 0. The van der Waals surface area contributed by atoms with Gasteiger partial charge in [-0.1, -0.05) is 32.9 Å². The Morgan fingerprint density at radius 1 is 1.00 bits per heavy atom. The van der Waals surface area contributed by atoms with Crippen LogP contribution in [-0.2, 0) is 23.4 Å². The van der Waals surface area contributed by atoms with Crippen LogP contribution < -0.4 is 0 Å².